The molecule has 0 saturated carbocycles. The largest absolute Gasteiger partial charge is 0.380 e. The molecule has 3 N–H and O–H groups in total. The van der Waals surface area contributed by atoms with Crippen molar-refractivity contribution in [1.82, 2.24) is 5.32 Å². The zero-order valence-corrected chi connectivity index (χ0v) is 11.5. The van der Waals surface area contributed by atoms with Gasteiger partial charge >= 0.3 is 0 Å². The summed E-state index contributed by atoms with van der Waals surface area (Å²) >= 11 is 3.44. The SMILES string of the molecule is NCC1(CNCCc2ccc(Br)cc2)COC1. The first kappa shape index (κ1) is 13.0. The molecule has 0 unspecified atom stereocenters. The molecule has 0 bridgehead atoms. The van der Waals surface area contributed by atoms with Gasteiger partial charge in [-0.05, 0) is 30.7 Å². The summed E-state index contributed by atoms with van der Waals surface area (Å²) in [5.74, 6) is 0. The van der Waals surface area contributed by atoms with Crippen LogP contribution in [0.1, 0.15) is 5.56 Å². The Morgan fingerprint density at radius 1 is 1.29 bits per heavy atom. The van der Waals surface area contributed by atoms with Crippen molar-refractivity contribution in [1.29, 1.82) is 0 Å². The van der Waals surface area contributed by atoms with Crippen LogP contribution in [0, 0.1) is 5.41 Å². The lowest BCUT2D eigenvalue weighted by atomic mass is 9.86. The monoisotopic (exact) mass is 298 g/mol. The predicted octanol–water partition coefficient (Wildman–Crippen LogP) is 1.56. The van der Waals surface area contributed by atoms with E-state index in [4.69, 9.17) is 10.5 Å². The van der Waals surface area contributed by atoms with E-state index >= 15 is 0 Å². The second kappa shape index (κ2) is 5.96. The van der Waals surface area contributed by atoms with Crippen LogP contribution in [0.4, 0.5) is 0 Å². The Morgan fingerprint density at radius 3 is 2.53 bits per heavy atom. The first-order valence-corrected chi connectivity index (χ1v) is 6.76. The van der Waals surface area contributed by atoms with Gasteiger partial charge in [0.25, 0.3) is 0 Å². The molecule has 3 nitrogen and oxygen atoms in total. The lowest BCUT2D eigenvalue weighted by molar-refractivity contribution is -0.104. The molecule has 17 heavy (non-hydrogen) atoms. The summed E-state index contributed by atoms with van der Waals surface area (Å²) in [5, 5.41) is 3.47. The van der Waals surface area contributed by atoms with Gasteiger partial charge in [0.15, 0.2) is 0 Å². The van der Waals surface area contributed by atoms with Crippen LogP contribution in [0.15, 0.2) is 28.7 Å². The molecule has 1 fully saturated rings. The quantitative estimate of drug-likeness (QED) is 0.784. The number of benzene rings is 1. The van der Waals surface area contributed by atoms with E-state index in [2.05, 4.69) is 45.5 Å². The highest BCUT2D eigenvalue weighted by Gasteiger charge is 2.36. The Balaban J connectivity index is 1.67. The Bertz CT molecular complexity index is 343. The standard InChI is InChI=1S/C13H19BrN2O/c14-12-3-1-11(2-4-12)5-6-16-8-13(7-15)9-17-10-13/h1-4,16H,5-10,15H2. The maximum atomic E-state index is 5.75. The van der Waals surface area contributed by atoms with Crippen molar-refractivity contribution in [2.45, 2.75) is 6.42 Å². The molecule has 2 rings (SSSR count). The lowest BCUT2D eigenvalue weighted by Gasteiger charge is -2.40. The minimum absolute atomic E-state index is 0.194. The van der Waals surface area contributed by atoms with E-state index in [0.717, 1.165) is 37.2 Å². The minimum atomic E-state index is 0.194. The molecule has 4 heteroatoms. The summed E-state index contributed by atoms with van der Waals surface area (Å²) in [6, 6.07) is 8.46. The molecular weight excluding hydrogens is 280 g/mol. The predicted molar refractivity (Wildman–Crippen MR) is 73.0 cm³/mol. The maximum absolute atomic E-state index is 5.75. The van der Waals surface area contributed by atoms with E-state index in [1.165, 1.54) is 5.56 Å². The van der Waals surface area contributed by atoms with Gasteiger partial charge in [-0.2, -0.15) is 0 Å². The molecule has 0 atom stereocenters. The first-order valence-electron chi connectivity index (χ1n) is 5.97. The van der Waals surface area contributed by atoms with E-state index < -0.39 is 0 Å². The molecule has 0 aliphatic carbocycles. The van der Waals surface area contributed by atoms with Gasteiger partial charge in [-0.15, -0.1) is 0 Å². The number of hydrogen-bond acceptors (Lipinski definition) is 3. The third-order valence-corrected chi connectivity index (χ3v) is 3.78. The smallest absolute Gasteiger partial charge is 0.0569 e. The number of rotatable bonds is 6. The van der Waals surface area contributed by atoms with Crippen LogP contribution in [0.3, 0.4) is 0 Å². The first-order chi connectivity index (χ1) is 8.24. The van der Waals surface area contributed by atoms with Crippen LogP contribution < -0.4 is 11.1 Å². The fourth-order valence-corrected chi connectivity index (χ4v) is 2.18. The van der Waals surface area contributed by atoms with E-state index in [1.54, 1.807) is 0 Å². The second-order valence-corrected chi connectivity index (χ2v) is 5.67. The van der Waals surface area contributed by atoms with Gasteiger partial charge < -0.3 is 15.8 Å². The Kier molecular flexibility index (Phi) is 4.56. The van der Waals surface area contributed by atoms with Crippen molar-refractivity contribution in [3.05, 3.63) is 34.3 Å². The highest BCUT2D eigenvalue weighted by atomic mass is 79.9. The van der Waals surface area contributed by atoms with Gasteiger partial charge in [0.2, 0.25) is 0 Å². The molecule has 1 aliphatic heterocycles. The summed E-state index contributed by atoms with van der Waals surface area (Å²) in [5.41, 5.74) is 7.30. The molecule has 1 aromatic carbocycles. The number of halogens is 1. The van der Waals surface area contributed by atoms with Crippen molar-refractivity contribution < 1.29 is 4.74 Å². The van der Waals surface area contributed by atoms with Crippen molar-refractivity contribution in [2.75, 3.05) is 32.8 Å². The molecule has 0 spiro atoms. The third kappa shape index (κ3) is 3.52. The fourth-order valence-electron chi connectivity index (χ4n) is 1.92. The van der Waals surface area contributed by atoms with Gasteiger partial charge in [-0.3, -0.25) is 0 Å². The van der Waals surface area contributed by atoms with Crippen LogP contribution >= 0.6 is 15.9 Å². The molecule has 0 aromatic heterocycles. The zero-order chi connectivity index (χ0) is 12.1. The highest BCUT2D eigenvalue weighted by molar-refractivity contribution is 9.10. The summed E-state index contributed by atoms with van der Waals surface area (Å²) in [6.45, 7) is 4.26. The third-order valence-electron chi connectivity index (χ3n) is 3.25. The van der Waals surface area contributed by atoms with Gasteiger partial charge in [0, 0.05) is 23.0 Å². The molecule has 1 aromatic rings. The Hall–Kier alpha value is -0.420. The lowest BCUT2D eigenvalue weighted by Crippen LogP contribution is -2.54. The number of hydrogen-bond donors (Lipinski definition) is 2. The van der Waals surface area contributed by atoms with Crippen molar-refractivity contribution >= 4 is 15.9 Å². The molecule has 94 valence electrons. The molecular formula is C13H19BrN2O. The van der Waals surface area contributed by atoms with Crippen molar-refractivity contribution in [2.24, 2.45) is 11.1 Å². The topological polar surface area (TPSA) is 47.3 Å². The Labute approximate surface area is 111 Å². The highest BCUT2D eigenvalue weighted by Crippen LogP contribution is 2.24. The molecule has 1 heterocycles. The normalized spacial score (nSPS) is 17.8. The summed E-state index contributed by atoms with van der Waals surface area (Å²) in [7, 11) is 0. The maximum Gasteiger partial charge on any atom is 0.0569 e. The molecule has 0 amide bonds. The Morgan fingerprint density at radius 2 is 2.00 bits per heavy atom. The van der Waals surface area contributed by atoms with Crippen LogP contribution in [-0.2, 0) is 11.2 Å². The average Bonchev–Trinajstić information content (AvgIpc) is 2.30. The van der Waals surface area contributed by atoms with Crippen LogP contribution in [-0.4, -0.2) is 32.8 Å². The number of nitrogens with one attached hydrogen (secondary N) is 1. The van der Waals surface area contributed by atoms with Crippen LogP contribution in [0.2, 0.25) is 0 Å². The van der Waals surface area contributed by atoms with E-state index in [-0.39, 0.29) is 5.41 Å². The zero-order valence-electron chi connectivity index (χ0n) is 9.92. The fraction of sp³-hybridized carbons (Fsp3) is 0.538. The summed E-state index contributed by atoms with van der Waals surface area (Å²) in [6.07, 6.45) is 1.05. The van der Waals surface area contributed by atoms with Crippen LogP contribution in [0.25, 0.3) is 0 Å². The van der Waals surface area contributed by atoms with Gasteiger partial charge in [0.05, 0.1) is 13.2 Å². The summed E-state index contributed by atoms with van der Waals surface area (Å²) < 4.78 is 6.36. The molecule has 1 saturated heterocycles. The molecule has 1 aliphatic rings. The van der Waals surface area contributed by atoms with E-state index in [9.17, 15) is 0 Å². The minimum Gasteiger partial charge on any atom is -0.380 e. The van der Waals surface area contributed by atoms with Crippen molar-refractivity contribution in [3.8, 4) is 0 Å². The van der Waals surface area contributed by atoms with E-state index in [0.29, 0.717) is 6.54 Å². The van der Waals surface area contributed by atoms with E-state index in [1.807, 2.05) is 0 Å². The summed E-state index contributed by atoms with van der Waals surface area (Å²) in [4.78, 5) is 0. The average molecular weight is 299 g/mol. The van der Waals surface area contributed by atoms with Gasteiger partial charge in [-0.25, -0.2) is 0 Å². The van der Waals surface area contributed by atoms with Crippen LogP contribution in [0.5, 0.6) is 0 Å². The molecule has 0 radical (unpaired) electrons. The number of ether oxygens (including phenoxy) is 1. The van der Waals surface area contributed by atoms with Crippen molar-refractivity contribution in [3.63, 3.8) is 0 Å². The second-order valence-electron chi connectivity index (χ2n) is 4.75. The van der Waals surface area contributed by atoms with Gasteiger partial charge in [0.1, 0.15) is 0 Å². The van der Waals surface area contributed by atoms with Gasteiger partial charge in [-0.1, -0.05) is 28.1 Å². The number of nitrogens with two attached hydrogens (primary N) is 1.